The number of nitrogens with two attached hydrogens (primary N) is 1. The summed E-state index contributed by atoms with van der Waals surface area (Å²) in [7, 11) is 1.96. The fourth-order valence-electron chi connectivity index (χ4n) is 1.54. The minimum Gasteiger partial charge on any atom is -0.397 e. The Morgan fingerprint density at radius 1 is 1.38 bits per heavy atom. The zero-order valence-corrected chi connectivity index (χ0v) is 8.39. The lowest BCUT2D eigenvalue weighted by molar-refractivity contribution is 0.970. The highest BCUT2D eigenvalue weighted by Crippen LogP contribution is 2.28. The van der Waals surface area contributed by atoms with Crippen molar-refractivity contribution in [1.82, 2.24) is 4.57 Å². The summed E-state index contributed by atoms with van der Waals surface area (Å²) in [5.74, 6) is 0. The van der Waals surface area contributed by atoms with Crippen LogP contribution in [0.25, 0.3) is 10.9 Å². The van der Waals surface area contributed by atoms with Crippen LogP contribution in [-0.2, 0) is 7.05 Å². The second kappa shape index (κ2) is 2.67. The lowest BCUT2D eigenvalue weighted by Crippen LogP contribution is -1.84. The molecule has 0 bridgehead atoms. The Hall–Kier alpha value is -1.15. The predicted octanol–water partition coefficient (Wildman–Crippen LogP) is 2.72. The Morgan fingerprint density at radius 3 is 2.77 bits per heavy atom. The number of hydrogen-bond donors (Lipinski definition) is 1. The smallest absolute Gasteiger partial charge is 0.0573 e. The van der Waals surface area contributed by atoms with Crippen LogP contribution in [0.15, 0.2) is 18.3 Å². The first-order valence-corrected chi connectivity index (χ1v) is 4.48. The van der Waals surface area contributed by atoms with Crippen molar-refractivity contribution in [2.45, 2.75) is 6.92 Å². The van der Waals surface area contributed by atoms with Crippen LogP contribution >= 0.6 is 11.6 Å². The van der Waals surface area contributed by atoms with Gasteiger partial charge in [0.2, 0.25) is 0 Å². The lowest BCUT2D eigenvalue weighted by atomic mass is 10.1. The Morgan fingerprint density at radius 2 is 2.08 bits per heavy atom. The summed E-state index contributed by atoms with van der Waals surface area (Å²) in [4.78, 5) is 0. The summed E-state index contributed by atoms with van der Waals surface area (Å²) in [5.41, 5.74) is 8.77. The number of aryl methyl sites for hydroxylation is 2. The second-order valence-electron chi connectivity index (χ2n) is 3.31. The van der Waals surface area contributed by atoms with Gasteiger partial charge >= 0.3 is 0 Å². The average Bonchev–Trinajstić information content (AvgIpc) is 2.31. The molecular formula is C10H11ClN2. The van der Waals surface area contributed by atoms with E-state index in [0.717, 1.165) is 27.2 Å². The van der Waals surface area contributed by atoms with Crippen LogP contribution in [0.2, 0.25) is 5.02 Å². The van der Waals surface area contributed by atoms with Gasteiger partial charge in [-0.1, -0.05) is 11.6 Å². The highest BCUT2D eigenvalue weighted by Gasteiger charge is 2.05. The average molecular weight is 195 g/mol. The van der Waals surface area contributed by atoms with Gasteiger partial charge in [-0.15, -0.1) is 0 Å². The molecule has 2 aromatic rings. The van der Waals surface area contributed by atoms with Gasteiger partial charge in [-0.05, 0) is 24.6 Å². The molecule has 1 heterocycles. The lowest BCUT2D eigenvalue weighted by Gasteiger charge is -2.00. The van der Waals surface area contributed by atoms with Crippen molar-refractivity contribution in [3.05, 3.63) is 28.9 Å². The molecule has 68 valence electrons. The molecular weight excluding hydrogens is 184 g/mol. The van der Waals surface area contributed by atoms with Gasteiger partial charge in [0, 0.05) is 23.7 Å². The Kier molecular flexibility index (Phi) is 1.74. The first kappa shape index (κ1) is 8.45. The first-order valence-electron chi connectivity index (χ1n) is 4.10. The largest absolute Gasteiger partial charge is 0.397 e. The molecule has 0 radical (unpaired) electrons. The van der Waals surface area contributed by atoms with Gasteiger partial charge in [-0.25, -0.2) is 0 Å². The van der Waals surface area contributed by atoms with E-state index in [1.54, 1.807) is 0 Å². The molecule has 0 saturated heterocycles. The topological polar surface area (TPSA) is 30.9 Å². The van der Waals surface area contributed by atoms with Crippen molar-refractivity contribution >= 4 is 28.2 Å². The number of nitrogens with zero attached hydrogens (tertiary/aromatic N) is 1. The molecule has 2 rings (SSSR count). The predicted molar refractivity (Wildman–Crippen MR) is 57.1 cm³/mol. The maximum absolute atomic E-state index is 6.01. The fraction of sp³-hybridized carbons (Fsp3) is 0.200. The molecule has 3 heteroatoms. The normalized spacial score (nSPS) is 11.0. The molecule has 0 atom stereocenters. The number of nitrogen functional groups attached to an aromatic ring is 1. The molecule has 0 aliphatic rings. The maximum atomic E-state index is 6.01. The van der Waals surface area contributed by atoms with Gasteiger partial charge in [0.15, 0.2) is 0 Å². The van der Waals surface area contributed by atoms with Crippen molar-refractivity contribution in [2.24, 2.45) is 7.05 Å². The number of benzene rings is 1. The van der Waals surface area contributed by atoms with Crippen LogP contribution < -0.4 is 5.73 Å². The number of aromatic nitrogens is 1. The van der Waals surface area contributed by atoms with Crippen molar-refractivity contribution in [3.8, 4) is 0 Å². The number of rotatable bonds is 0. The minimum atomic E-state index is 0.786. The number of hydrogen-bond acceptors (Lipinski definition) is 1. The van der Waals surface area contributed by atoms with Crippen molar-refractivity contribution in [3.63, 3.8) is 0 Å². The molecule has 1 aromatic carbocycles. The number of anilines is 1. The van der Waals surface area contributed by atoms with E-state index in [9.17, 15) is 0 Å². The molecule has 0 unspecified atom stereocenters. The highest BCUT2D eigenvalue weighted by atomic mass is 35.5. The van der Waals surface area contributed by atoms with E-state index in [4.69, 9.17) is 17.3 Å². The van der Waals surface area contributed by atoms with Crippen molar-refractivity contribution in [2.75, 3.05) is 5.73 Å². The van der Waals surface area contributed by atoms with E-state index < -0.39 is 0 Å². The molecule has 0 spiro atoms. The standard InChI is InChI=1S/C10H11ClN2/c1-6-3-7-9(12)5-13(2)10(7)4-8(6)11/h3-5H,12H2,1-2H3. The third-order valence-electron chi connectivity index (χ3n) is 2.30. The van der Waals surface area contributed by atoms with Gasteiger partial charge in [0.1, 0.15) is 0 Å². The van der Waals surface area contributed by atoms with Crippen LogP contribution in [0, 0.1) is 6.92 Å². The quantitative estimate of drug-likeness (QED) is 0.687. The molecule has 0 fully saturated rings. The maximum Gasteiger partial charge on any atom is 0.0573 e. The van der Waals surface area contributed by atoms with E-state index in [2.05, 4.69) is 0 Å². The monoisotopic (exact) mass is 194 g/mol. The SMILES string of the molecule is Cc1cc2c(N)cn(C)c2cc1Cl. The summed E-state index contributed by atoms with van der Waals surface area (Å²) >= 11 is 6.01. The van der Waals surface area contributed by atoms with Crippen LogP contribution in [0.5, 0.6) is 0 Å². The van der Waals surface area contributed by atoms with E-state index in [0.29, 0.717) is 0 Å². The summed E-state index contributed by atoms with van der Waals surface area (Å²) in [5, 5.41) is 1.86. The van der Waals surface area contributed by atoms with Crippen molar-refractivity contribution < 1.29 is 0 Å². The molecule has 0 aliphatic heterocycles. The molecule has 0 saturated carbocycles. The molecule has 13 heavy (non-hydrogen) atoms. The minimum absolute atomic E-state index is 0.786. The van der Waals surface area contributed by atoms with E-state index >= 15 is 0 Å². The summed E-state index contributed by atoms with van der Waals surface area (Å²) in [6.45, 7) is 1.98. The Balaban J connectivity index is 2.91. The molecule has 0 amide bonds. The van der Waals surface area contributed by atoms with Crippen molar-refractivity contribution in [1.29, 1.82) is 0 Å². The van der Waals surface area contributed by atoms with Gasteiger partial charge in [0.05, 0.1) is 11.2 Å². The van der Waals surface area contributed by atoms with E-state index in [1.165, 1.54) is 0 Å². The fourth-order valence-corrected chi connectivity index (χ4v) is 1.70. The van der Waals surface area contributed by atoms with Crippen LogP contribution in [0.1, 0.15) is 5.56 Å². The molecule has 2 nitrogen and oxygen atoms in total. The van der Waals surface area contributed by atoms with Gasteiger partial charge in [-0.2, -0.15) is 0 Å². The molecule has 0 aliphatic carbocycles. The van der Waals surface area contributed by atoms with E-state index in [1.807, 2.05) is 36.9 Å². The number of halogens is 1. The highest BCUT2D eigenvalue weighted by molar-refractivity contribution is 6.32. The van der Waals surface area contributed by atoms with Gasteiger partial charge in [-0.3, -0.25) is 0 Å². The number of fused-ring (bicyclic) bond motifs is 1. The third-order valence-corrected chi connectivity index (χ3v) is 2.71. The van der Waals surface area contributed by atoms with Crippen LogP contribution in [0.3, 0.4) is 0 Å². The first-order chi connectivity index (χ1) is 6.09. The summed E-state index contributed by atoms with van der Waals surface area (Å²) in [6, 6.07) is 3.97. The van der Waals surface area contributed by atoms with Crippen LogP contribution in [0.4, 0.5) is 5.69 Å². The second-order valence-corrected chi connectivity index (χ2v) is 3.72. The Labute approximate surface area is 81.9 Å². The third kappa shape index (κ3) is 1.18. The molecule has 2 N–H and O–H groups in total. The van der Waals surface area contributed by atoms with Crippen LogP contribution in [-0.4, -0.2) is 4.57 Å². The summed E-state index contributed by atoms with van der Waals surface area (Å²) < 4.78 is 1.98. The van der Waals surface area contributed by atoms with Gasteiger partial charge in [0.25, 0.3) is 0 Å². The van der Waals surface area contributed by atoms with E-state index in [-0.39, 0.29) is 0 Å². The Bertz CT molecular complexity index is 429. The van der Waals surface area contributed by atoms with Gasteiger partial charge < -0.3 is 10.3 Å². The zero-order valence-electron chi connectivity index (χ0n) is 7.63. The summed E-state index contributed by atoms with van der Waals surface area (Å²) in [6.07, 6.45) is 1.90. The zero-order chi connectivity index (χ0) is 9.59. The molecule has 1 aromatic heterocycles.